The van der Waals surface area contributed by atoms with E-state index in [1.165, 1.54) is 0 Å². The van der Waals surface area contributed by atoms with Gasteiger partial charge >= 0.3 is 0 Å². The number of nitriles is 1. The van der Waals surface area contributed by atoms with E-state index in [0.717, 1.165) is 38.6 Å². The predicted octanol–water partition coefficient (Wildman–Crippen LogP) is 5.51. The number of hydrogen-bond donors (Lipinski definition) is 0. The van der Waals surface area contributed by atoms with Crippen LogP contribution in [0.5, 0.6) is 0 Å². The molecule has 0 radical (unpaired) electrons. The molecule has 0 amide bonds. The van der Waals surface area contributed by atoms with Crippen LogP contribution in [0.4, 0.5) is 5.69 Å². The summed E-state index contributed by atoms with van der Waals surface area (Å²) in [6, 6.07) is 7.98. The van der Waals surface area contributed by atoms with Gasteiger partial charge in [-0.25, -0.2) is 0 Å². The second kappa shape index (κ2) is 5.34. The van der Waals surface area contributed by atoms with Gasteiger partial charge in [0.2, 0.25) is 0 Å². The number of fused-ring (bicyclic) bond motifs is 3. The van der Waals surface area contributed by atoms with Gasteiger partial charge in [-0.15, -0.1) is 0 Å². The van der Waals surface area contributed by atoms with Crippen molar-refractivity contribution < 1.29 is 4.42 Å². The lowest BCUT2D eigenvalue weighted by molar-refractivity contribution is 0.661. The minimum atomic E-state index is 0.668. The maximum Gasteiger partial charge on any atom is 0.161 e. The molecule has 1 aromatic heterocycles. The number of aryl methyl sites for hydroxylation is 2. The topological polar surface area (TPSA) is 49.3 Å². The maximum atomic E-state index is 8.96. The van der Waals surface area contributed by atoms with Crippen LogP contribution < -0.4 is 0 Å². The summed E-state index contributed by atoms with van der Waals surface area (Å²) in [5.41, 5.74) is 4.23. The van der Waals surface area contributed by atoms with Crippen molar-refractivity contribution in [1.82, 2.24) is 0 Å². The molecule has 5 heteroatoms. The van der Waals surface area contributed by atoms with E-state index >= 15 is 0 Å². The van der Waals surface area contributed by atoms with Crippen molar-refractivity contribution in [3.63, 3.8) is 0 Å². The van der Waals surface area contributed by atoms with E-state index in [1.807, 2.05) is 26.0 Å². The van der Waals surface area contributed by atoms with Crippen LogP contribution in [0.2, 0.25) is 0 Å². The second-order valence-corrected chi connectivity index (χ2v) is 5.81. The van der Waals surface area contributed by atoms with Gasteiger partial charge in [-0.05, 0) is 73.2 Å². The van der Waals surface area contributed by atoms with Crippen molar-refractivity contribution in [3.05, 3.63) is 35.4 Å². The number of thiocarbonyl (C=S) groups is 1. The Morgan fingerprint density at radius 1 is 1.10 bits per heavy atom. The Hall–Kier alpha value is -2.12. The summed E-state index contributed by atoms with van der Waals surface area (Å²) in [5, 5.41) is 15.4. The molecular weight excluding hydrogens is 300 g/mol. The Kier molecular flexibility index (Phi) is 3.52. The van der Waals surface area contributed by atoms with Crippen LogP contribution in [0.25, 0.3) is 21.9 Å². The number of thiocyanates is 1. The van der Waals surface area contributed by atoms with Crippen LogP contribution in [-0.2, 0) is 0 Å². The first kappa shape index (κ1) is 13.8. The van der Waals surface area contributed by atoms with Gasteiger partial charge < -0.3 is 4.42 Å². The molecule has 102 valence electrons. The highest BCUT2D eigenvalue weighted by Crippen LogP contribution is 2.40. The summed E-state index contributed by atoms with van der Waals surface area (Å²) in [5.74, 6) is 0. The average molecular weight is 310 g/mol. The summed E-state index contributed by atoms with van der Waals surface area (Å²) in [4.78, 5) is 4.91. The van der Waals surface area contributed by atoms with Gasteiger partial charge in [-0.1, -0.05) is 0 Å². The summed E-state index contributed by atoms with van der Waals surface area (Å²) in [7, 11) is 0. The van der Waals surface area contributed by atoms with Crippen LogP contribution in [0.3, 0.4) is 0 Å². The first-order chi connectivity index (χ1) is 10.1. The molecule has 0 atom stereocenters. The first-order valence-corrected chi connectivity index (χ1v) is 7.48. The molecule has 0 N–H and O–H groups in total. The molecule has 0 aliphatic rings. The minimum absolute atomic E-state index is 0.668. The van der Waals surface area contributed by atoms with Gasteiger partial charge in [0.15, 0.2) is 5.58 Å². The van der Waals surface area contributed by atoms with Crippen molar-refractivity contribution in [2.75, 3.05) is 0 Å². The lowest BCUT2D eigenvalue weighted by Gasteiger charge is -1.98. The lowest BCUT2D eigenvalue weighted by atomic mass is 10.1. The predicted molar refractivity (Wildman–Crippen MR) is 89.4 cm³/mol. The highest BCUT2D eigenvalue weighted by Gasteiger charge is 2.15. The molecule has 0 bridgehead atoms. The van der Waals surface area contributed by atoms with E-state index in [-0.39, 0.29) is 0 Å². The smallest absolute Gasteiger partial charge is 0.161 e. The largest absolute Gasteiger partial charge is 0.453 e. The van der Waals surface area contributed by atoms with E-state index in [1.54, 1.807) is 0 Å². The van der Waals surface area contributed by atoms with E-state index in [9.17, 15) is 0 Å². The van der Waals surface area contributed by atoms with E-state index in [0.29, 0.717) is 16.9 Å². The van der Waals surface area contributed by atoms with Gasteiger partial charge in [0.25, 0.3) is 0 Å². The molecule has 0 fully saturated rings. The lowest BCUT2D eigenvalue weighted by Crippen LogP contribution is -1.77. The van der Waals surface area contributed by atoms with Crippen LogP contribution in [0.1, 0.15) is 11.1 Å². The van der Waals surface area contributed by atoms with Crippen molar-refractivity contribution >= 4 is 56.8 Å². The zero-order valence-electron chi connectivity index (χ0n) is 11.4. The van der Waals surface area contributed by atoms with Crippen molar-refractivity contribution in [3.8, 4) is 5.40 Å². The highest BCUT2D eigenvalue weighted by atomic mass is 32.2. The Morgan fingerprint density at radius 3 is 2.43 bits per heavy atom. The number of aliphatic imine (C=N–C) groups is 1. The molecular formula is C16H10N2OS2. The van der Waals surface area contributed by atoms with Gasteiger partial charge in [0, 0.05) is 10.8 Å². The van der Waals surface area contributed by atoms with E-state index in [4.69, 9.17) is 21.9 Å². The molecule has 2 aromatic carbocycles. The number of benzene rings is 2. The monoisotopic (exact) mass is 310 g/mol. The first-order valence-electron chi connectivity index (χ1n) is 6.25. The van der Waals surface area contributed by atoms with E-state index in [2.05, 4.69) is 27.7 Å². The number of isothiocyanates is 1. The van der Waals surface area contributed by atoms with Crippen molar-refractivity contribution in [1.29, 1.82) is 5.26 Å². The third-order valence-corrected chi connectivity index (χ3v) is 3.93. The fourth-order valence-corrected chi connectivity index (χ4v) is 3.15. The molecule has 1 heterocycles. The number of hydrogen-bond acceptors (Lipinski definition) is 5. The molecule has 3 aromatic rings. The fourth-order valence-electron chi connectivity index (χ4n) is 2.47. The molecule has 0 saturated heterocycles. The Morgan fingerprint density at radius 2 is 1.76 bits per heavy atom. The van der Waals surface area contributed by atoms with Gasteiger partial charge in [0.1, 0.15) is 16.7 Å². The maximum absolute atomic E-state index is 8.96. The molecule has 0 spiro atoms. The van der Waals surface area contributed by atoms with Gasteiger partial charge in [-0.3, -0.25) is 0 Å². The second-order valence-electron chi connectivity index (χ2n) is 4.80. The average Bonchev–Trinajstić information content (AvgIpc) is 2.78. The third-order valence-electron chi connectivity index (χ3n) is 3.23. The minimum Gasteiger partial charge on any atom is -0.453 e. The molecule has 0 unspecified atom stereocenters. The fraction of sp³-hybridized carbons (Fsp3) is 0.125. The molecule has 0 aliphatic carbocycles. The zero-order chi connectivity index (χ0) is 15.0. The van der Waals surface area contributed by atoms with Crippen LogP contribution >= 0.6 is 24.0 Å². The standard InChI is InChI=1S/C16H10N2OS2/c1-9-3-11-12-4-10(2)6-14(21-7-17)16(12)19-15(11)13(5-9)18-8-20/h3-6H,1-2H3. The van der Waals surface area contributed by atoms with Crippen molar-refractivity contribution in [2.24, 2.45) is 4.99 Å². The summed E-state index contributed by atoms with van der Waals surface area (Å²) >= 11 is 5.81. The van der Waals surface area contributed by atoms with Crippen molar-refractivity contribution in [2.45, 2.75) is 18.7 Å². The SMILES string of the molecule is Cc1cc(N=C=S)c2oc3c(SC#N)cc(C)cc3c2c1. The molecule has 21 heavy (non-hydrogen) atoms. The van der Waals surface area contributed by atoms with Gasteiger partial charge in [0.05, 0.1) is 10.1 Å². The summed E-state index contributed by atoms with van der Waals surface area (Å²) in [6.07, 6.45) is 0. The molecule has 3 rings (SSSR count). The molecule has 3 nitrogen and oxygen atoms in total. The number of rotatable bonds is 2. The third kappa shape index (κ3) is 2.34. The Balaban J connectivity index is 2.50. The normalized spacial score (nSPS) is 10.5. The number of nitrogens with zero attached hydrogens (tertiary/aromatic N) is 2. The van der Waals surface area contributed by atoms with Crippen LogP contribution in [0.15, 0.2) is 38.6 Å². The summed E-state index contributed by atoms with van der Waals surface area (Å²) in [6.45, 7) is 4.01. The Bertz CT molecular complexity index is 960. The number of furan rings is 1. The highest BCUT2D eigenvalue weighted by molar-refractivity contribution is 8.04. The van der Waals surface area contributed by atoms with Gasteiger partial charge in [-0.2, -0.15) is 10.3 Å². The zero-order valence-corrected chi connectivity index (χ0v) is 13.1. The molecule has 0 aliphatic heterocycles. The quantitative estimate of drug-likeness (QED) is 0.271. The number of thioether (sulfide) groups is 1. The summed E-state index contributed by atoms with van der Waals surface area (Å²) < 4.78 is 5.98. The van der Waals surface area contributed by atoms with Crippen LogP contribution in [-0.4, -0.2) is 5.16 Å². The Labute approximate surface area is 131 Å². The molecule has 0 saturated carbocycles. The van der Waals surface area contributed by atoms with Crippen LogP contribution in [0, 0.1) is 24.5 Å². The van der Waals surface area contributed by atoms with E-state index < -0.39 is 0 Å².